The zero-order chi connectivity index (χ0) is 20.7. The molecule has 1 aliphatic heterocycles. The molecule has 0 radical (unpaired) electrons. The van der Waals surface area contributed by atoms with Crippen molar-refractivity contribution in [3.05, 3.63) is 102 Å². The van der Waals surface area contributed by atoms with Gasteiger partial charge < -0.3 is 0 Å². The van der Waals surface area contributed by atoms with Crippen LogP contribution in [0.1, 0.15) is 21.5 Å². The average Bonchev–Trinajstić information content (AvgIpc) is 3.21. The Morgan fingerprint density at radius 1 is 0.900 bits per heavy atom. The molecule has 0 atom stereocenters. The average molecular weight is 409 g/mol. The quantitative estimate of drug-likeness (QED) is 0.282. The van der Waals surface area contributed by atoms with Crippen molar-refractivity contribution in [3.8, 4) is 22.5 Å². The molecule has 5 rings (SSSR count). The third-order valence-corrected chi connectivity index (χ3v) is 6.28. The van der Waals surface area contributed by atoms with E-state index >= 15 is 0 Å². The van der Waals surface area contributed by atoms with Crippen LogP contribution in [0.3, 0.4) is 0 Å². The lowest BCUT2D eigenvalue weighted by Gasteiger charge is -2.20. The first-order valence-electron chi connectivity index (χ1n) is 9.86. The molecule has 0 bridgehead atoms. The Kier molecular flexibility index (Phi) is 4.64. The van der Waals surface area contributed by atoms with E-state index in [2.05, 4.69) is 43.3 Å². The molecule has 0 aliphatic carbocycles. The second-order valence-corrected chi connectivity index (χ2v) is 8.57. The van der Waals surface area contributed by atoms with Gasteiger partial charge in [-0.2, -0.15) is 5.10 Å². The smallest absolute Gasteiger partial charge is 0.188 e. The summed E-state index contributed by atoms with van der Waals surface area (Å²) < 4.78 is 1.90. The molecule has 0 spiro atoms. The van der Waals surface area contributed by atoms with Gasteiger partial charge in [0.25, 0.3) is 0 Å². The second kappa shape index (κ2) is 7.47. The normalized spacial score (nSPS) is 13.7. The molecule has 0 saturated carbocycles. The van der Waals surface area contributed by atoms with Gasteiger partial charge in [-0.1, -0.05) is 83.6 Å². The van der Waals surface area contributed by atoms with E-state index in [0.717, 1.165) is 38.0 Å². The molecule has 0 amide bonds. The topological polar surface area (TPSA) is 34.9 Å². The summed E-state index contributed by atoms with van der Waals surface area (Å²) in [6.07, 6.45) is 1.70. The maximum absolute atomic E-state index is 12.9. The molecule has 1 aromatic heterocycles. The number of hydrogen-bond acceptors (Lipinski definition) is 3. The first-order valence-corrected chi connectivity index (χ1v) is 10.7. The molecule has 3 aromatic carbocycles. The number of ketones is 1. The van der Waals surface area contributed by atoms with Crippen molar-refractivity contribution in [1.82, 2.24) is 9.78 Å². The van der Waals surface area contributed by atoms with Crippen molar-refractivity contribution in [3.63, 3.8) is 0 Å². The molecule has 0 fully saturated rings. The summed E-state index contributed by atoms with van der Waals surface area (Å²) in [5.74, 6) is -0.0178. The highest BCUT2D eigenvalue weighted by Gasteiger charge is 2.24. The molecule has 1 aliphatic rings. The van der Waals surface area contributed by atoms with E-state index in [1.54, 1.807) is 17.8 Å². The summed E-state index contributed by atoms with van der Waals surface area (Å²) in [6, 6.07) is 26.3. The fraction of sp³-hybridized carbons (Fsp3) is 0.0769. The van der Waals surface area contributed by atoms with Crippen molar-refractivity contribution in [1.29, 1.82) is 0 Å². The van der Waals surface area contributed by atoms with E-state index in [9.17, 15) is 4.79 Å². The maximum atomic E-state index is 12.9. The van der Waals surface area contributed by atoms with Crippen LogP contribution in [0.5, 0.6) is 0 Å². The number of carbonyl (C=O) groups excluding carboxylic acids is 1. The van der Waals surface area contributed by atoms with E-state index in [-0.39, 0.29) is 5.78 Å². The Balaban J connectivity index is 1.64. The van der Waals surface area contributed by atoms with Gasteiger partial charge in [-0.05, 0) is 32.0 Å². The van der Waals surface area contributed by atoms with Crippen LogP contribution in [0.25, 0.3) is 27.5 Å². The summed E-state index contributed by atoms with van der Waals surface area (Å²) in [4.78, 5) is 14.1. The van der Waals surface area contributed by atoms with Crippen molar-refractivity contribution >= 4 is 22.6 Å². The predicted molar refractivity (Wildman–Crippen MR) is 123 cm³/mol. The summed E-state index contributed by atoms with van der Waals surface area (Å²) in [5.41, 5.74) is 7.13. The first-order chi connectivity index (χ1) is 14.6. The number of benzene rings is 3. The van der Waals surface area contributed by atoms with Gasteiger partial charge in [0.05, 0.1) is 11.4 Å². The van der Waals surface area contributed by atoms with Crippen LogP contribution in [0.4, 0.5) is 0 Å². The van der Waals surface area contributed by atoms with Gasteiger partial charge in [0, 0.05) is 27.7 Å². The Hall–Kier alpha value is -3.37. The van der Waals surface area contributed by atoms with Crippen LogP contribution < -0.4 is 0 Å². The van der Waals surface area contributed by atoms with Crippen molar-refractivity contribution < 1.29 is 4.79 Å². The Labute approximate surface area is 180 Å². The summed E-state index contributed by atoms with van der Waals surface area (Å²) in [5, 5.41) is 5.68. The number of allylic oxidation sites excluding steroid dienone is 1. The van der Waals surface area contributed by atoms with Crippen LogP contribution in [-0.2, 0) is 0 Å². The second-order valence-electron chi connectivity index (χ2n) is 7.51. The highest BCUT2D eigenvalue weighted by Crippen LogP contribution is 2.45. The van der Waals surface area contributed by atoms with Crippen LogP contribution in [0, 0.1) is 13.8 Å². The van der Waals surface area contributed by atoms with Crippen LogP contribution in [0.15, 0.2) is 89.8 Å². The number of hydrogen-bond donors (Lipinski definition) is 0. The Bertz CT molecular complexity index is 1280. The van der Waals surface area contributed by atoms with Gasteiger partial charge in [0.1, 0.15) is 5.03 Å². The van der Waals surface area contributed by atoms with Crippen molar-refractivity contribution in [2.24, 2.45) is 0 Å². The van der Waals surface area contributed by atoms with Crippen molar-refractivity contribution in [2.75, 3.05) is 0 Å². The molecule has 0 saturated heterocycles. The van der Waals surface area contributed by atoms with Crippen molar-refractivity contribution in [2.45, 2.75) is 18.7 Å². The molecule has 146 valence electrons. The summed E-state index contributed by atoms with van der Waals surface area (Å²) in [7, 11) is 0. The molecule has 30 heavy (non-hydrogen) atoms. The minimum absolute atomic E-state index is 0.0178. The number of aromatic nitrogens is 2. The highest BCUT2D eigenvalue weighted by atomic mass is 32.2. The monoisotopic (exact) mass is 408 g/mol. The minimum Gasteiger partial charge on any atom is -0.289 e. The van der Waals surface area contributed by atoms with E-state index in [0.29, 0.717) is 5.56 Å². The molecule has 2 heterocycles. The molecule has 4 heteroatoms. The fourth-order valence-electron chi connectivity index (χ4n) is 3.58. The third kappa shape index (κ3) is 3.40. The lowest BCUT2D eigenvalue weighted by molar-refractivity contribution is 0.104. The molecular weight excluding hydrogens is 388 g/mol. The molecule has 3 nitrogen and oxygen atoms in total. The van der Waals surface area contributed by atoms with Crippen LogP contribution in [0.2, 0.25) is 0 Å². The lowest BCUT2D eigenvalue weighted by atomic mass is 10.1. The van der Waals surface area contributed by atoms with Gasteiger partial charge in [0.15, 0.2) is 5.78 Å². The van der Waals surface area contributed by atoms with E-state index in [1.807, 2.05) is 54.1 Å². The minimum atomic E-state index is -0.0178. The molecule has 4 aromatic rings. The number of aryl methyl sites for hydroxylation is 2. The Morgan fingerprint density at radius 3 is 2.40 bits per heavy atom. The Morgan fingerprint density at radius 2 is 1.63 bits per heavy atom. The predicted octanol–water partition coefficient (Wildman–Crippen LogP) is 6.62. The number of carbonyl (C=O) groups is 1. The lowest BCUT2D eigenvalue weighted by Crippen LogP contribution is -2.07. The van der Waals surface area contributed by atoms with Gasteiger partial charge in [-0.25, -0.2) is 4.68 Å². The number of fused-ring (bicyclic) bond motifs is 3. The zero-order valence-electron chi connectivity index (χ0n) is 16.8. The summed E-state index contributed by atoms with van der Waals surface area (Å²) in [6.45, 7) is 4.11. The number of rotatable bonds is 3. The zero-order valence-corrected chi connectivity index (χ0v) is 17.6. The highest BCUT2D eigenvalue weighted by molar-refractivity contribution is 8.08. The number of thioether (sulfide) groups is 1. The van der Waals surface area contributed by atoms with Crippen LogP contribution in [-0.4, -0.2) is 15.6 Å². The standard InChI is InChI=1S/C26H20N2OS/c1-17-8-11-20(12-9-17)24(29)16-26-28-23(21-14-18(2)10-13-25(21)30-26)15-22(27-28)19-6-4-3-5-7-19/h3-16H,1-2H3/b26-16+. The third-order valence-electron chi connectivity index (χ3n) is 5.20. The van der Waals surface area contributed by atoms with E-state index < -0.39 is 0 Å². The van der Waals surface area contributed by atoms with Crippen LogP contribution >= 0.6 is 11.8 Å². The van der Waals surface area contributed by atoms with E-state index in [1.165, 1.54) is 5.56 Å². The van der Waals surface area contributed by atoms with Gasteiger partial charge in [0.2, 0.25) is 0 Å². The SMILES string of the molecule is Cc1ccc(C(=O)/C=C2/Sc3ccc(C)cc3-c3cc(-c4ccccc4)nn32)cc1. The van der Waals surface area contributed by atoms with Gasteiger partial charge >= 0.3 is 0 Å². The largest absolute Gasteiger partial charge is 0.289 e. The molecule has 0 unspecified atom stereocenters. The van der Waals surface area contributed by atoms with Gasteiger partial charge in [-0.15, -0.1) is 0 Å². The number of nitrogens with zero attached hydrogens (tertiary/aromatic N) is 2. The first kappa shape index (κ1) is 18.6. The van der Waals surface area contributed by atoms with E-state index in [4.69, 9.17) is 5.10 Å². The maximum Gasteiger partial charge on any atom is 0.188 e. The molecular formula is C26H20N2OS. The summed E-state index contributed by atoms with van der Waals surface area (Å²) >= 11 is 1.58. The fourth-order valence-corrected chi connectivity index (χ4v) is 4.61. The molecule has 0 N–H and O–H groups in total. The van der Waals surface area contributed by atoms with Gasteiger partial charge in [-0.3, -0.25) is 4.79 Å².